The second-order valence-corrected chi connectivity index (χ2v) is 4.68. The molecule has 0 saturated heterocycles. The molecule has 0 heterocycles. The maximum atomic E-state index is 12.7. The summed E-state index contributed by atoms with van der Waals surface area (Å²) in [5.41, 5.74) is 3.59. The van der Waals surface area contributed by atoms with Crippen molar-refractivity contribution >= 4 is 23.2 Å². The minimum atomic E-state index is -4.45. The van der Waals surface area contributed by atoms with Crippen LogP contribution in [-0.2, 0) is 0 Å². The zero-order chi connectivity index (χ0) is 13.6. The van der Waals surface area contributed by atoms with Crippen LogP contribution < -0.4 is 11.1 Å². The quantitative estimate of drug-likeness (QED) is 0.817. The van der Waals surface area contributed by atoms with Crippen molar-refractivity contribution < 1.29 is 18.0 Å². The van der Waals surface area contributed by atoms with Crippen LogP contribution in [0.5, 0.6) is 0 Å². The van der Waals surface area contributed by atoms with Crippen molar-refractivity contribution in [3.8, 4) is 0 Å². The Bertz CT molecular complexity index is 498. The Balaban J connectivity index is 2.21. The van der Waals surface area contributed by atoms with E-state index in [1.54, 1.807) is 0 Å². The maximum absolute atomic E-state index is 12.7. The molecule has 3 nitrogen and oxygen atoms in total. The van der Waals surface area contributed by atoms with Gasteiger partial charge in [-0.3, -0.25) is 4.79 Å². The number of anilines is 1. The largest absolute Gasteiger partial charge is 0.411 e. The molecule has 7 heteroatoms. The normalized spacial score (nSPS) is 17.3. The number of hydrogen-bond donors (Lipinski definition) is 2. The van der Waals surface area contributed by atoms with E-state index in [1.807, 2.05) is 5.32 Å². The summed E-state index contributed by atoms with van der Waals surface area (Å²) in [4.78, 5) is 11.8. The predicted octanol–water partition coefficient (Wildman–Crippen LogP) is 2.75. The Kier molecular flexibility index (Phi) is 2.93. The van der Waals surface area contributed by atoms with Gasteiger partial charge in [-0.1, -0.05) is 11.6 Å². The third kappa shape index (κ3) is 2.25. The fourth-order valence-electron chi connectivity index (χ4n) is 1.61. The maximum Gasteiger partial charge on any atom is 0.411 e. The van der Waals surface area contributed by atoms with Gasteiger partial charge in [-0.2, -0.15) is 13.2 Å². The molecule has 18 heavy (non-hydrogen) atoms. The lowest BCUT2D eigenvalue weighted by atomic mass is 10.1. The molecular formula is C11H10ClF3N2O. The fourth-order valence-corrected chi connectivity index (χ4v) is 1.81. The number of nitrogens with one attached hydrogen (secondary N) is 1. The van der Waals surface area contributed by atoms with Crippen LogP contribution in [0.3, 0.4) is 0 Å². The number of benzene rings is 1. The smallest absolute Gasteiger partial charge is 0.399 e. The van der Waals surface area contributed by atoms with Crippen LogP contribution in [0.2, 0.25) is 5.02 Å². The summed E-state index contributed by atoms with van der Waals surface area (Å²) in [6.07, 6.45) is -4.67. The second-order valence-electron chi connectivity index (χ2n) is 4.27. The summed E-state index contributed by atoms with van der Waals surface area (Å²) in [5, 5.41) is 2.06. The molecule has 1 saturated carbocycles. The Hall–Kier alpha value is -1.43. The number of alkyl halides is 3. The molecule has 0 radical (unpaired) electrons. The number of nitrogens with two attached hydrogens (primary N) is 1. The Morgan fingerprint density at radius 1 is 1.39 bits per heavy atom. The van der Waals surface area contributed by atoms with Crippen molar-refractivity contribution in [2.24, 2.45) is 0 Å². The minimum Gasteiger partial charge on any atom is -0.399 e. The van der Waals surface area contributed by atoms with Gasteiger partial charge in [-0.25, -0.2) is 0 Å². The van der Waals surface area contributed by atoms with Crippen molar-refractivity contribution in [3.63, 3.8) is 0 Å². The zero-order valence-electron chi connectivity index (χ0n) is 9.14. The van der Waals surface area contributed by atoms with Crippen LogP contribution >= 0.6 is 11.6 Å². The Morgan fingerprint density at radius 3 is 2.50 bits per heavy atom. The van der Waals surface area contributed by atoms with E-state index in [-0.39, 0.29) is 29.1 Å². The number of nitrogen functional groups attached to an aromatic ring is 1. The van der Waals surface area contributed by atoms with E-state index in [9.17, 15) is 18.0 Å². The topological polar surface area (TPSA) is 55.1 Å². The number of carbonyl (C=O) groups is 1. The van der Waals surface area contributed by atoms with Gasteiger partial charge in [-0.15, -0.1) is 0 Å². The molecule has 1 aromatic carbocycles. The monoisotopic (exact) mass is 278 g/mol. The number of carbonyl (C=O) groups excluding carboxylic acids is 1. The molecule has 1 aliphatic carbocycles. The average Bonchev–Trinajstić information content (AvgIpc) is 3.01. The predicted molar refractivity (Wildman–Crippen MR) is 61.4 cm³/mol. The summed E-state index contributed by atoms with van der Waals surface area (Å²) < 4.78 is 38.0. The van der Waals surface area contributed by atoms with Gasteiger partial charge in [-0.05, 0) is 31.0 Å². The number of amides is 1. The van der Waals surface area contributed by atoms with Crippen molar-refractivity contribution in [1.29, 1.82) is 0 Å². The molecule has 0 aliphatic heterocycles. The van der Waals surface area contributed by atoms with Crippen molar-refractivity contribution in [2.75, 3.05) is 5.73 Å². The fraction of sp³-hybridized carbons (Fsp3) is 0.364. The molecule has 1 aliphatic rings. The molecule has 2 rings (SSSR count). The van der Waals surface area contributed by atoms with E-state index in [2.05, 4.69) is 0 Å². The van der Waals surface area contributed by atoms with Gasteiger partial charge < -0.3 is 11.1 Å². The van der Waals surface area contributed by atoms with Crippen LogP contribution in [-0.4, -0.2) is 17.6 Å². The van der Waals surface area contributed by atoms with Gasteiger partial charge in [0.1, 0.15) is 5.54 Å². The summed E-state index contributed by atoms with van der Waals surface area (Å²) >= 11 is 5.76. The first-order valence-corrected chi connectivity index (χ1v) is 5.57. The lowest BCUT2D eigenvalue weighted by Crippen LogP contribution is -2.47. The van der Waals surface area contributed by atoms with E-state index < -0.39 is 17.6 Å². The first-order valence-electron chi connectivity index (χ1n) is 5.19. The molecule has 1 fully saturated rings. The van der Waals surface area contributed by atoms with Gasteiger partial charge in [0.05, 0.1) is 10.6 Å². The van der Waals surface area contributed by atoms with E-state index in [1.165, 1.54) is 18.2 Å². The molecule has 3 N–H and O–H groups in total. The van der Waals surface area contributed by atoms with E-state index >= 15 is 0 Å². The van der Waals surface area contributed by atoms with Crippen LogP contribution in [0.15, 0.2) is 18.2 Å². The first kappa shape index (κ1) is 13.0. The molecule has 0 unspecified atom stereocenters. The van der Waals surface area contributed by atoms with Gasteiger partial charge in [0.25, 0.3) is 5.91 Å². The summed E-state index contributed by atoms with van der Waals surface area (Å²) in [7, 11) is 0. The van der Waals surface area contributed by atoms with Crippen LogP contribution in [0.1, 0.15) is 23.2 Å². The zero-order valence-corrected chi connectivity index (χ0v) is 9.90. The van der Waals surface area contributed by atoms with Gasteiger partial charge in [0, 0.05) is 5.69 Å². The number of rotatable bonds is 2. The summed E-state index contributed by atoms with van der Waals surface area (Å²) in [6, 6.07) is 4.10. The van der Waals surface area contributed by atoms with Crippen LogP contribution in [0.25, 0.3) is 0 Å². The first-order chi connectivity index (χ1) is 8.25. The standard InChI is InChI=1S/C11H10ClF3N2O/c12-8-2-1-6(16)5-7(8)9(18)17-10(3-4-10)11(13,14)15/h1-2,5H,3-4,16H2,(H,17,18). The molecule has 0 atom stereocenters. The SMILES string of the molecule is Nc1ccc(Cl)c(C(=O)NC2(C(F)(F)F)CC2)c1. The average molecular weight is 279 g/mol. The second kappa shape index (κ2) is 4.05. The van der Waals surface area contributed by atoms with Crippen molar-refractivity contribution in [3.05, 3.63) is 28.8 Å². The molecule has 0 bridgehead atoms. The molecule has 0 aromatic heterocycles. The lowest BCUT2D eigenvalue weighted by Gasteiger charge is -2.21. The Labute approximate surface area is 106 Å². The van der Waals surface area contributed by atoms with Crippen LogP contribution in [0, 0.1) is 0 Å². The molecule has 1 amide bonds. The molecule has 0 spiro atoms. The molecular weight excluding hydrogens is 269 g/mol. The van der Waals surface area contributed by atoms with E-state index in [0.717, 1.165) is 0 Å². The third-order valence-corrected chi connectivity index (χ3v) is 3.21. The Morgan fingerprint density at radius 2 is 2.00 bits per heavy atom. The van der Waals surface area contributed by atoms with Crippen LogP contribution in [0.4, 0.5) is 18.9 Å². The molecule has 98 valence electrons. The number of halogens is 4. The van der Waals surface area contributed by atoms with Gasteiger partial charge in [0.2, 0.25) is 0 Å². The van der Waals surface area contributed by atoms with Crippen molar-refractivity contribution in [2.45, 2.75) is 24.6 Å². The van der Waals surface area contributed by atoms with Gasteiger partial charge in [0.15, 0.2) is 0 Å². The van der Waals surface area contributed by atoms with Gasteiger partial charge >= 0.3 is 6.18 Å². The highest BCUT2D eigenvalue weighted by atomic mass is 35.5. The highest BCUT2D eigenvalue weighted by Crippen LogP contribution is 2.49. The van der Waals surface area contributed by atoms with E-state index in [4.69, 9.17) is 17.3 Å². The lowest BCUT2D eigenvalue weighted by molar-refractivity contribution is -0.163. The van der Waals surface area contributed by atoms with E-state index in [0.29, 0.717) is 0 Å². The minimum absolute atomic E-state index is 0.0489. The van der Waals surface area contributed by atoms with Crippen molar-refractivity contribution in [1.82, 2.24) is 5.32 Å². The highest BCUT2D eigenvalue weighted by molar-refractivity contribution is 6.34. The highest BCUT2D eigenvalue weighted by Gasteiger charge is 2.64. The summed E-state index contributed by atoms with van der Waals surface area (Å²) in [5.74, 6) is -0.859. The molecule has 1 aromatic rings. The number of hydrogen-bond acceptors (Lipinski definition) is 2. The third-order valence-electron chi connectivity index (χ3n) is 2.88. The summed E-state index contributed by atoms with van der Waals surface area (Å²) in [6.45, 7) is 0.